The number of benzene rings is 2. The third-order valence-electron chi connectivity index (χ3n) is 5.15. The Morgan fingerprint density at radius 2 is 1.65 bits per heavy atom. The standard InChI is InChI=1S/C23H28Cl3N3O4S/c1-4-5-12-27-23(31)16(2)28(14-17-6-7-19(25)13-21(17)26)22(30)15-29(34(3,32)33)20-10-8-18(24)9-11-20/h6-11,13,16H,4-5,12,14-15H2,1-3H3,(H,27,31)/t16-/m1/s1. The summed E-state index contributed by atoms with van der Waals surface area (Å²) in [5, 5.41) is 4.01. The van der Waals surface area contributed by atoms with Gasteiger partial charge in [-0.15, -0.1) is 0 Å². The van der Waals surface area contributed by atoms with Crippen molar-refractivity contribution in [1.82, 2.24) is 10.2 Å². The van der Waals surface area contributed by atoms with Crippen LogP contribution in [-0.2, 0) is 26.2 Å². The van der Waals surface area contributed by atoms with E-state index in [9.17, 15) is 18.0 Å². The van der Waals surface area contributed by atoms with E-state index in [-0.39, 0.29) is 18.1 Å². The third kappa shape index (κ3) is 8.05. The molecular formula is C23H28Cl3N3O4S. The molecule has 7 nitrogen and oxygen atoms in total. The molecule has 1 atom stereocenters. The molecule has 2 amide bonds. The van der Waals surface area contributed by atoms with E-state index in [1.807, 2.05) is 6.92 Å². The number of carbonyl (C=O) groups excluding carboxylic acids is 2. The van der Waals surface area contributed by atoms with Crippen molar-refractivity contribution in [2.24, 2.45) is 0 Å². The highest BCUT2D eigenvalue weighted by atomic mass is 35.5. The molecule has 0 fully saturated rings. The van der Waals surface area contributed by atoms with Crippen LogP contribution in [0.2, 0.25) is 15.1 Å². The first-order chi connectivity index (χ1) is 15.9. The van der Waals surface area contributed by atoms with Gasteiger partial charge < -0.3 is 10.2 Å². The highest BCUT2D eigenvalue weighted by molar-refractivity contribution is 7.92. The Bertz CT molecular complexity index is 1110. The molecule has 0 unspecified atom stereocenters. The van der Waals surface area contributed by atoms with Gasteiger partial charge in [0.1, 0.15) is 12.6 Å². The van der Waals surface area contributed by atoms with Gasteiger partial charge in [-0.25, -0.2) is 8.42 Å². The lowest BCUT2D eigenvalue weighted by Gasteiger charge is -2.31. The van der Waals surface area contributed by atoms with Gasteiger partial charge in [-0.3, -0.25) is 13.9 Å². The minimum absolute atomic E-state index is 0.00454. The normalized spacial score (nSPS) is 12.2. The second kappa shape index (κ2) is 12.6. The molecule has 2 aromatic rings. The summed E-state index contributed by atoms with van der Waals surface area (Å²) in [5.74, 6) is -0.909. The van der Waals surface area contributed by atoms with Crippen molar-refractivity contribution in [3.05, 3.63) is 63.1 Å². The fourth-order valence-electron chi connectivity index (χ4n) is 3.17. The van der Waals surface area contributed by atoms with Crippen LogP contribution < -0.4 is 9.62 Å². The molecule has 0 aliphatic carbocycles. The first-order valence-corrected chi connectivity index (χ1v) is 13.7. The van der Waals surface area contributed by atoms with Crippen LogP contribution in [0.1, 0.15) is 32.3 Å². The number of nitrogens with zero attached hydrogens (tertiary/aromatic N) is 2. The molecule has 0 saturated carbocycles. The van der Waals surface area contributed by atoms with Crippen LogP contribution in [0, 0.1) is 0 Å². The van der Waals surface area contributed by atoms with Crippen LogP contribution in [0.5, 0.6) is 0 Å². The quantitative estimate of drug-likeness (QED) is 0.411. The Morgan fingerprint density at radius 3 is 2.21 bits per heavy atom. The Morgan fingerprint density at radius 1 is 1.03 bits per heavy atom. The van der Waals surface area contributed by atoms with Crippen LogP contribution in [-0.4, -0.2) is 50.5 Å². The maximum absolute atomic E-state index is 13.4. The molecule has 186 valence electrons. The van der Waals surface area contributed by atoms with Gasteiger partial charge in [0.2, 0.25) is 21.8 Å². The van der Waals surface area contributed by atoms with E-state index in [1.54, 1.807) is 25.1 Å². The molecule has 0 radical (unpaired) electrons. The van der Waals surface area contributed by atoms with Gasteiger partial charge >= 0.3 is 0 Å². The number of anilines is 1. The van der Waals surface area contributed by atoms with Gasteiger partial charge in [0.05, 0.1) is 11.9 Å². The summed E-state index contributed by atoms with van der Waals surface area (Å²) in [4.78, 5) is 27.5. The second-order valence-corrected chi connectivity index (χ2v) is 11.0. The lowest BCUT2D eigenvalue weighted by Crippen LogP contribution is -2.51. The summed E-state index contributed by atoms with van der Waals surface area (Å²) in [7, 11) is -3.81. The topological polar surface area (TPSA) is 86.8 Å². The van der Waals surface area contributed by atoms with Gasteiger partial charge in [0.25, 0.3) is 0 Å². The van der Waals surface area contributed by atoms with Gasteiger partial charge in [-0.2, -0.15) is 0 Å². The zero-order chi connectivity index (χ0) is 25.5. The number of unbranched alkanes of at least 4 members (excludes halogenated alkanes) is 1. The molecule has 1 N–H and O–H groups in total. The lowest BCUT2D eigenvalue weighted by molar-refractivity contribution is -0.139. The third-order valence-corrected chi connectivity index (χ3v) is 7.13. The number of hydrogen-bond donors (Lipinski definition) is 1. The summed E-state index contributed by atoms with van der Waals surface area (Å²) in [6, 6.07) is 10.1. The van der Waals surface area contributed by atoms with Gasteiger partial charge in [-0.05, 0) is 55.3 Å². The SMILES string of the molecule is CCCCNC(=O)[C@@H](C)N(Cc1ccc(Cl)cc1Cl)C(=O)CN(c1ccc(Cl)cc1)S(C)(=O)=O. The van der Waals surface area contributed by atoms with Gasteiger partial charge in [-0.1, -0.05) is 54.2 Å². The maximum atomic E-state index is 13.4. The lowest BCUT2D eigenvalue weighted by atomic mass is 10.1. The Kier molecular flexibility index (Phi) is 10.5. The Labute approximate surface area is 216 Å². The molecule has 0 aliphatic heterocycles. The van der Waals surface area contributed by atoms with E-state index >= 15 is 0 Å². The number of nitrogens with one attached hydrogen (secondary N) is 1. The van der Waals surface area contributed by atoms with Crippen LogP contribution in [0.3, 0.4) is 0 Å². The molecule has 0 bridgehead atoms. The molecule has 0 saturated heterocycles. The first kappa shape index (κ1) is 28.2. The van der Waals surface area contributed by atoms with E-state index < -0.39 is 28.5 Å². The van der Waals surface area contributed by atoms with Crippen molar-refractivity contribution in [1.29, 1.82) is 0 Å². The fourth-order valence-corrected chi connectivity index (χ4v) is 4.62. The number of carbonyl (C=O) groups is 2. The molecule has 0 heterocycles. The second-order valence-electron chi connectivity index (χ2n) is 7.82. The summed E-state index contributed by atoms with van der Waals surface area (Å²) in [5.41, 5.74) is 0.856. The summed E-state index contributed by atoms with van der Waals surface area (Å²) in [6.07, 6.45) is 2.71. The molecule has 2 aromatic carbocycles. The minimum Gasteiger partial charge on any atom is -0.354 e. The fraction of sp³-hybridized carbons (Fsp3) is 0.391. The van der Waals surface area contributed by atoms with Crippen molar-refractivity contribution >= 4 is 62.3 Å². The predicted octanol–water partition coefficient (Wildman–Crippen LogP) is 4.75. The molecule has 34 heavy (non-hydrogen) atoms. The number of halogens is 3. The molecule has 0 aliphatic rings. The number of rotatable bonds is 11. The monoisotopic (exact) mass is 547 g/mol. The van der Waals surface area contributed by atoms with Crippen LogP contribution in [0.15, 0.2) is 42.5 Å². The first-order valence-electron chi connectivity index (χ1n) is 10.7. The van der Waals surface area contributed by atoms with Gasteiger partial charge in [0.15, 0.2) is 0 Å². The highest BCUT2D eigenvalue weighted by Crippen LogP contribution is 2.25. The number of sulfonamides is 1. The average Bonchev–Trinajstić information content (AvgIpc) is 2.76. The van der Waals surface area contributed by atoms with E-state index in [4.69, 9.17) is 34.8 Å². The van der Waals surface area contributed by atoms with E-state index in [1.165, 1.54) is 29.2 Å². The number of amides is 2. The zero-order valence-electron chi connectivity index (χ0n) is 19.2. The number of hydrogen-bond acceptors (Lipinski definition) is 4. The van der Waals surface area contributed by atoms with Crippen molar-refractivity contribution in [3.8, 4) is 0 Å². The van der Waals surface area contributed by atoms with E-state index in [0.717, 1.165) is 23.4 Å². The maximum Gasteiger partial charge on any atom is 0.244 e. The average molecular weight is 549 g/mol. The van der Waals surface area contributed by atoms with Crippen molar-refractivity contribution < 1.29 is 18.0 Å². The Hall–Kier alpha value is -2.00. The molecule has 0 spiro atoms. The van der Waals surface area contributed by atoms with E-state index in [0.29, 0.717) is 27.2 Å². The smallest absolute Gasteiger partial charge is 0.244 e. The molecule has 11 heteroatoms. The molecule has 2 rings (SSSR count). The highest BCUT2D eigenvalue weighted by Gasteiger charge is 2.30. The van der Waals surface area contributed by atoms with Crippen LogP contribution >= 0.6 is 34.8 Å². The summed E-state index contributed by atoms with van der Waals surface area (Å²) < 4.78 is 26.0. The van der Waals surface area contributed by atoms with Crippen molar-refractivity contribution in [2.45, 2.75) is 39.3 Å². The Balaban J connectivity index is 2.37. The van der Waals surface area contributed by atoms with Crippen LogP contribution in [0.4, 0.5) is 5.69 Å². The van der Waals surface area contributed by atoms with Crippen molar-refractivity contribution in [3.63, 3.8) is 0 Å². The van der Waals surface area contributed by atoms with Crippen molar-refractivity contribution in [2.75, 3.05) is 23.7 Å². The molecule has 0 aromatic heterocycles. The summed E-state index contributed by atoms with van der Waals surface area (Å²) in [6.45, 7) is 3.57. The molecular weight excluding hydrogens is 521 g/mol. The van der Waals surface area contributed by atoms with E-state index in [2.05, 4.69) is 5.32 Å². The predicted molar refractivity (Wildman–Crippen MR) is 138 cm³/mol. The van der Waals surface area contributed by atoms with Gasteiger partial charge in [0, 0.05) is 28.2 Å². The summed E-state index contributed by atoms with van der Waals surface area (Å²) >= 11 is 18.2. The minimum atomic E-state index is -3.81. The van der Waals surface area contributed by atoms with Crippen LogP contribution in [0.25, 0.3) is 0 Å². The zero-order valence-corrected chi connectivity index (χ0v) is 22.3. The largest absolute Gasteiger partial charge is 0.354 e.